The molecule has 22 heavy (non-hydrogen) atoms. The fraction of sp³-hybridized carbons (Fsp3) is 0.375. The Balaban J connectivity index is 0.00000116. The molecule has 2 rings (SSSR count). The normalized spacial score (nSPS) is 10.0. The zero-order valence-electron chi connectivity index (χ0n) is 13.4. The largest absolute Gasteiger partial charge is 0.361 e. The van der Waals surface area contributed by atoms with Crippen LogP contribution in [0.15, 0.2) is 18.3 Å². The highest BCUT2D eigenvalue weighted by atomic mass is 19.1. The van der Waals surface area contributed by atoms with Gasteiger partial charge < -0.3 is 10.7 Å². The molecule has 1 aromatic heterocycles. The summed E-state index contributed by atoms with van der Waals surface area (Å²) >= 11 is 0. The lowest BCUT2D eigenvalue weighted by molar-refractivity contribution is -0.127. The van der Waals surface area contributed by atoms with Crippen molar-refractivity contribution >= 4 is 22.8 Å². The van der Waals surface area contributed by atoms with Gasteiger partial charge >= 0.3 is 6.03 Å². The molecule has 0 atom stereocenters. The Labute approximate surface area is 129 Å². The van der Waals surface area contributed by atoms with Crippen LogP contribution in [0.2, 0.25) is 0 Å². The molecule has 0 aliphatic rings. The van der Waals surface area contributed by atoms with Gasteiger partial charge in [-0.1, -0.05) is 13.8 Å². The molecule has 120 valence electrons. The number of hydrogen-bond acceptors (Lipinski definition) is 2. The van der Waals surface area contributed by atoms with Crippen LogP contribution in [0.3, 0.4) is 0 Å². The summed E-state index contributed by atoms with van der Waals surface area (Å²) in [5.41, 5.74) is 7.23. The van der Waals surface area contributed by atoms with Crippen LogP contribution in [-0.2, 0) is 11.2 Å². The van der Waals surface area contributed by atoms with Crippen LogP contribution < -0.4 is 5.73 Å². The van der Waals surface area contributed by atoms with Gasteiger partial charge in [0.25, 0.3) is 0 Å². The summed E-state index contributed by atoms with van der Waals surface area (Å²) in [7, 11) is 1.35. The number of primary amides is 1. The van der Waals surface area contributed by atoms with Crippen molar-refractivity contribution in [1.29, 1.82) is 0 Å². The van der Waals surface area contributed by atoms with Crippen LogP contribution in [0, 0.1) is 12.7 Å². The predicted octanol–water partition coefficient (Wildman–Crippen LogP) is 3.11. The number of halogens is 1. The third kappa shape index (κ3) is 3.63. The van der Waals surface area contributed by atoms with Crippen molar-refractivity contribution in [3.05, 3.63) is 35.3 Å². The molecule has 6 heteroatoms. The van der Waals surface area contributed by atoms with E-state index in [1.807, 2.05) is 13.8 Å². The zero-order valence-corrected chi connectivity index (χ0v) is 13.4. The molecule has 0 aliphatic carbocycles. The number of aromatic nitrogens is 1. The number of carbonyl (C=O) groups excluding carboxylic acids is 2. The van der Waals surface area contributed by atoms with E-state index in [0.717, 1.165) is 21.4 Å². The molecule has 1 aromatic carbocycles. The minimum absolute atomic E-state index is 0.169. The minimum atomic E-state index is -0.771. The molecular formula is C16H22FN3O2. The molecular weight excluding hydrogens is 285 g/mol. The van der Waals surface area contributed by atoms with E-state index in [0.29, 0.717) is 12.0 Å². The van der Waals surface area contributed by atoms with Crippen molar-refractivity contribution in [1.82, 2.24) is 9.88 Å². The molecule has 3 N–H and O–H groups in total. The minimum Gasteiger partial charge on any atom is -0.361 e. The van der Waals surface area contributed by atoms with E-state index in [-0.39, 0.29) is 18.1 Å². The van der Waals surface area contributed by atoms with E-state index in [2.05, 4.69) is 4.98 Å². The Morgan fingerprint density at radius 2 is 1.95 bits per heavy atom. The van der Waals surface area contributed by atoms with Crippen molar-refractivity contribution in [3.63, 3.8) is 0 Å². The standard InChI is InChI=1S/C14H16FN3O2.C2H6/c1-8-11(15)5-4-10-9(7-17-13(8)10)3-6-12(19)18(2)14(16)20;1-2/h4-5,7,17H,3,6H2,1-2H3,(H2,16,20);1-2H3. The highest BCUT2D eigenvalue weighted by Gasteiger charge is 2.15. The highest BCUT2D eigenvalue weighted by molar-refractivity contribution is 5.93. The molecule has 5 nitrogen and oxygen atoms in total. The number of aryl methyl sites for hydroxylation is 2. The highest BCUT2D eigenvalue weighted by Crippen LogP contribution is 2.24. The number of fused-ring (bicyclic) bond motifs is 1. The van der Waals surface area contributed by atoms with E-state index < -0.39 is 6.03 Å². The Morgan fingerprint density at radius 3 is 2.55 bits per heavy atom. The number of benzene rings is 1. The first-order chi connectivity index (χ1) is 10.4. The number of rotatable bonds is 3. The molecule has 3 amide bonds. The van der Waals surface area contributed by atoms with Crippen molar-refractivity contribution in [3.8, 4) is 0 Å². The van der Waals surface area contributed by atoms with Crippen molar-refractivity contribution in [2.24, 2.45) is 5.73 Å². The van der Waals surface area contributed by atoms with Crippen LogP contribution in [0.25, 0.3) is 10.9 Å². The third-order valence-corrected chi connectivity index (χ3v) is 3.45. The predicted molar refractivity (Wildman–Crippen MR) is 85.0 cm³/mol. The van der Waals surface area contributed by atoms with Gasteiger partial charge in [-0.25, -0.2) is 9.18 Å². The quantitative estimate of drug-likeness (QED) is 0.913. The number of aromatic amines is 1. The molecule has 0 bridgehead atoms. The van der Waals surface area contributed by atoms with Crippen LogP contribution in [0.1, 0.15) is 31.4 Å². The monoisotopic (exact) mass is 307 g/mol. The lowest BCUT2D eigenvalue weighted by Gasteiger charge is -2.11. The average molecular weight is 307 g/mol. The summed E-state index contributed by atoms with van der Waals surface area (Å²) in [4.78, 5) is 26.5. The summed E-state index contributed by atoms with van der Waals surface area (Å²) < 4.78 is 13.4. The summed E-state index contributed by atoms with van der Waals surface area (Å²) in [5, 5.41) is 0.887. The first-order valence-corrected chi connectivity index (χ1v) is 7.23. The lowest BCUT2D eigenvalue weighted by Crippen LogP contribution is -2.37. The molecule has 0 spiro atoms. The maximum absolute atomic E-state index is 13.4. The first-order valence-electron chi connectivity index (χ1n) is 7.23. The van der Waals surface area contributed by atoms with E-state index in [1.54, 1.807) is 19.2 Å². The van der Waals surface area contributed by atoms with Crippen LogP contribution in [0.5, 0.6) is 0 Å². The Kier molecular flexibility index (Phi) is 6.10. The van der Waals surface area contributed by atoms with Gasteiger partial charge in [-0.3, -0.25) is 9.69 Å². The molecule has 0 fully saturated rings. The first kappa shape index (κ1) is 17.7. The van der Waals surface area contributed by atoms with E-state index in [1.165, 1.54) is 13.1 Å². The van der Waals surface area contributed by atoms with E-state index in [4.69, 9.17) is 5.73 Å². The number of nitrogens with one attached hydrogen (secondary N) is 1. The molecule has 0 unspecified atom stereocenters. The Morgan fingerprint density at radius 1 is 1.32 bits per heavy atom. The van der Waals surface area contributed by atoms with Gasteiger partial charge in [0.05, 0.1) is 5.52 Å². The number of hydrogen-bond donors (Lipinski definition) is 2. The van der Waals surface area contributed by atoms with Gasteiger partial charge in [0.1, 0.15) is 5.82 Å². The molecule has 0 radical (unpaired) electrons. The topological polar surface area (TPSA) is 79.2 Å². The molecule has 1 heterocycles. The number of nitrogens with two attached hydrogens (primary N) is 1. The van der Waals surface area contributed by atoms with Crippen molar-refractivity contribution in [2.75, 3.05) is 7.05 Å². The van der Waals surface area contributed by atoms with Crippen molar-refractivity contribution in [2.45, 2.75) is 33.6 Å². The fourth-order valence-electron chi connectivity index (χ4n) is 2.12. The second-order valence-corrected chi connectivity index (χ2v) is 4.70. The fourth-order valence-corrected chi connectivity index (χ4v) is 2.12. The SMILES string of the molecule is CC.Cc1c(F)ccc2c(CCC(=O)N(C)C(N)=O)c[nH]c12. The summed E-state index contributed by atoms with van der Waals surface area (Å²) in [5.74, 6) is -0.610. The summed E-state index contributed by atoms with van der Waals surface area (Å²) in [6.07, 6.45) is 2.39. The second-order valence-electron chi connectivity index (χ2n) is 4.70. The Bertz CT molecular complexity index is 679. The lowest BCUT2D eigenvalue weighted by atomic mass is 10.1. The zero-order chi connectivity index (χ0) is 16.9. The van der Waals surface area contributed by atoms with Gasteiger partial charge in [-0.05, 0) is 31.0 Å². The van der Waals surface area contributed by atoms with E-state index in [9.17, 15) is 14.0 Å². The van der Waals surface area contributed by atoms with Gasteiger partial charge in [0.2, 0.25) is 5.91 Å². The number of amides is 3. The number of nitrogens with zero attached hydrogens (tertiary/aromatic N) is 1. The molecule has 0 aliphatic heterocycles. The van der Waals surface area contributed by atoms with Crippen molar-refractivity contribution < 1.29 is 14.0 Å². The summed E-state index contributed by atoms with van der Waals surface area (Å²) in [6.45, 7) is 5.70. The number of urea groups is 1. The maximum atomic E-state index is 13.4. The van der Waals surface area contributed by atoms with Crippen LogP contribution in [-0.4, -0.2) is 28.9 Å². The Hall–Kier alpha value is -2.37. The number of imide groups is 1. The van der Waals surface area contributed by atoms with Gasteiger partial charge in [0.15, 0.2) is 0 Å². The summed E-state index contributed by atoms with van der Waals surface area (Å²) in [6, 6.07) is 2.32. The van der Waals surface area contributed by atoms with Gasteiger partial charge in [-0.2, -0.15) is 0 Å². The third-order valence-electron chi connectivity index (χ3n) is 3.45. The van der Waals surface area contributed by atoms with Crippen LogP contribution in [0.4, 0.5) is 9.18 Å². The van der Waals surface area contributed by atoms with Gasteiger partial charge in [-0.15, -0.1) is 0 Å². The second kappa shape index (κ2) is 7.59. The smallest absolute Gasteiger partial charge is 0.321 e. The van der Waals surface area contributed by atoms with Crippen LogP contribution >= 0.6 is 0 Å². The van der Waals surface area contributed by atoms with E-state index >= 15 is 0 Å². The molecule has 2 aromatic rings. The molecule has 0 saturated carbocycles. The number of H-pyrrole nitrogens is 1. The molecule has 0 saturated heterocycles. The number of carbonyl (C=O) groups is 2. The maximum Gasteiger partial charge on any atom is 0.321 e. The van der Waals surface area contributed by atoms with Gasteiger partial charge in [0, 0.05) is 30.6 Å². The average Bonchev–Trinajstić information content (AvgIpc) is 2.93.